The smallest absolute Gasteiger partial charge is 0.0747 e. The zero-order valence-corrected chi connectivity index (χ0v) is 14.1. The Hall–Kier alpha value is 0.0449. The first-order chi connectivity index (χ1) is 8.37. The fourth-order valence-electron chi connectivity index (χ4n) is 1.72. The lowest BCUT2D eigenvalue weighted by Crippen LogP contribution is -2.16. The van der Waals surface area contributed by atoms with Crippen molar-refractivity contribution in [1.29, 1.82) is 0 Å². The highest BCUT2D eigenvalue weighted by atomic mass is 32.2. The van der Waals surface area contributed by atoms with Crippen LogP contribution in [0.2, 0.25) is 5.31 Å². The van der Waals surface area contributed by atoms with E-state index in [1.807, 2.05) is 0 Å². The van der Waals surface area contributed by atoms with Gasteiger partial charge in [0.2, 0.25) is 0 Å². The summed E-state index contributed by atoms with van der Waals surface area (Å²) in [6.45, 7) is 6.48. The van der Waals surface area contributed by atoms with Crippen LogP contribution in [0.15, 0.2) is 10.6 Å². The average molecular weight is 283 g/mol. The van der Waals surface area contributed by atoms with Gasteiger partial charge in [0.25, 0.3) is 0 Å². The van der Waals surface area contributed by atoms with E-state index in [0.717, 1.165) is 19.3 Å². The van der Waals surface area contributed by atoms with E-state index < -0.39 is 0 Å². The first kappa shape index (κ1) is 18.0. The number of rotatable bonds is 9. The Kier molecular flexibility index (Phi) is 9.05. The normalized spacial score (nSPS) is 15.8. The molecule has 0 aromatic heterocycles. The fraction of sp³-hybridized carbons (Fsp3) is 0.786. The van der Waals surface area contributed by atoms with Crippen LogP contribution in [0, 0.1) is 0 Å². The van der Waals surface area contributed by atoms with Gasteiger partial charge in [-0.15, -0.1) is 0 Å². The third-order valence-electron chi connectivity index (χ3n) is 3.19. The molecule has 0 N–H and O–H groups in total. The summed E-state index contributed by atoms with van der Waals surface area (Å²) in [4.78, 5) is 3.54. The SMILES string of the molecule is [B]C(C)(CC)C/C(SC=S)=C(\CCCC)N(C)C. The van der Waals surface area contributed by atoms with Crippen LogP contribution >= 0.6 is 24.0 Å². The van der Waals surface area contributed by atoms with E-state index in [-0.39, 0.29) is 5.31 Å². The topological polar surface area (TPSA) is 3.24 Å². The van der Waals surface area contributed by atoms with E-state index in [4.69, 9.17) is 20.1 Å². The third-order valence-corrected chi connectivity index (χ3v) is 4.24. The molecule has 0 bridgehead atoms. The molecule has 4 heteroatoms. The van der Waals surface area contributed by atoms with Gasteiger partial charge < -0.3 is 4.90 Å². The summed E-state index contributed by atoms with van der Waals surface area (Å²) in [5, 5.41) is -0.145. The quantitative estimate of drug-likeness (QED) is 0.442. The number of hydrogen-bond donors (Lipinski definition) is 0. The molecule has 1 atom stereocenters. The van der Waals surface area contributed by atoms with Crippen LogP contribution in [0.5, 0.6) is 0 Å². The molecular formula is C14H26BNS2. The molecule has 0 amide bonds. The van der Waals surface area contributed by atoms with Gasteiger partial charge in [-0.3, -0.25) is 0 Å². The van der Waals surface area contributed by atoms with E-state index in [0.29, 0.717) is 0 Å². The van der Waals surface area contributed by atoms with Gasteiger partial charge in [0, 0.05) is 29.4 Å². The largest absolute Gasteiger partial charge is 0.380 e. The Bertz CT molecular complexity index is 286. The molecule has 0 heterocycles. The predicted octanol–water partition coefficient (Wildman–Crippen LogP) is 4.79. The number of unbranched alkanes of at least 4 members (excludes halogenated alkanes) is 1. The van der Waals surface area contributed by atoms with Crippen molar-refractivity contribution in [2.24, 2.45) is 0 Å². The molecule has 1 unspecified atom stereocenters. The van der Waals surface area contributed by atoms with Crippen LogP contribution < -0.4 is 0 Å². The van der Waals surface area contributed by atoms with Gasteiger partial charge in [-0.25, -0.2) is 0 Å². The van der Waals surface area contributed by atoms with Crippen molar-refractivity contribution in [2.45, 2.75) is 58.2 Å². The summed E-state index contributed by atoms with van der Waals surface area (Å²) < 4.78 is 1.75. The van der Waals surface area contributed by atoms with E-state index >= 15 is 0 Å². The van der Waals surface area contributed by atoms with Crippen LogP contribution in [0.25, 0.3) is 0 Å². The average Bonchev–Trinajstić information content (AvgIpc) is 2.29. The van der Waals surface area contributed by atoms with Crippen molar-refractivity contribution in [3.63, 3.8) is 0 Å². The minimum atomic E-state index is -0.145. The number of nitrogens with zero attached hydrogens (tertiary/aromatic N) is 1. The van der Waals surface area contributed by atoms with Crippen molar-refractivity contribution >= 4 is 36.5 Å². The first-order valence-corrected chi connectivity index (χ1v) is 8.01. The summed E-state index contributed by atoms with van der Waals surface area (Å²) in [7, 11) is 10.5. The van der Waals surface area contributed by atoms with Crippen molar-refractivity contribution in [3.05, 3.63) is 10.6 Å². The molecule has 0 rings (SSSR count). The predicted molar refractivity (Wildman–Crippen MR) is 90.5 cm³/mol. The molecule has 0 aliphatic heterocycles. The van der Waals surface area contributed by atoms with Crippen LogP contribution in [-0.2, 0) is 0 Å². The molecule has 0 fully saturated rings. The molecule has 0 aromatic carbocycles. The summed E-state index contributed by atoms with van der Waals surface area (Å²) in [6, 6.07) is 0. The highest BCUT2D eigenvalue weighted by molar-refractivity contribution is 8.23. The lowest BCUT2D eigenvalue weighted by Gasteiger charge is -2.28. The monoisotopic (exact) mass is 283 g/mol. The Morgan fingerprint density at radius 2 is 2.00 bits per heavy atom. The van der Waals surface area contributed by atoms with Gasteiger partial charge in [0.1, 0.15) is 0 Å². The molecular weight excluding hydrogens is 257 g/mol. The van der Waals surface area contributed by atoms with Gasteiger partial charge in [0.05, 0.1) is 7.85 Å². The van der Waals surface area contributed by atoms with Gasteiger partial charge in [-0.2, -0.15) is 0 Å². The number of allylic oxidation sites excluding steroid dienone is 2. The Labute approximate surface area is 124 Å². The minimum absolute atomic E-state index is 0.145. The molecule has 0 spiro atoms. The Morgan fingerprint density at radius 1 is 1.39 bits per heavy atom. The Balaban J connectivity index is 5.12. The summed E-state index contributed by atoms with van der Waals surface area (Å²) in [6.07, 6.45) is 5.40. The molecule has 0 aliphatic rings. The molecule has 0 saturated heterocycles. The number of hydrogen-bond acceptors (Lipinski definition) is 3. The van der Waals surface area contributed by atoms with Gasteiger partial charge in [-0.05, 0) is 19.3 Å². The third kappa shape index (κ3) is 6.84. The lowest BCUT2D eigenvalue weighted by molar-refractivity contribution is 0.468. The first-order valence-electron chi connectivity index (χ1n) is 6.66. The van der Waals surface area contributed by atoms with Gasteiger partial charge >= 0.3 is 0 Å². The summed E-state index contributed by atoms with van der Waals surface area (Å²) in [5.74, 6) is 0. The molecule has 1 nitrogen and oxygen atoms in total. The van der Waals surface area contributed by atoms with E-state index in [1.54, 1.807) is 16.5 Å². The fourth-order valence-corrected chi connectivity index (χ4v) is 3.02. The molecule has 0 saturated carbocycles. The maximum Gasteiger partial charge on any atom is 0.0747 e. The second-order valence-electron chi connectivity index (χ2n) is 5.27. The maximum atomic E-state index is 6.30. The Morgan fingerprint density at radius 3 is 2.39 bits per heavy atom. The maximum absolute atomic E-state index is 6.30. The molecule has 0 aliphatic carbocycles. The van der Waals surface area contributed by atoms with Crippen LogP contribution in [0.3, 0.4) is 0 Å². The molecule has 18 heavy (non-hydrogen) atoms. The highest BCUT2D eigenvalue weighted by Gasteiger charge is 2.20. The summed E-state index contributed by atoms with van der Waals surface area (Å²) in [5.41, 5.74) is 1.38. The second-order valence-corrected chi connectivity index (χ2v) is 6.76. The zero-order valence-electron chi connectivity index (χ0n) is 12.5. The van der Waals surface area contributed by atoms with Crippen molar-refractivity contribution in [1.82, 2.24) is 4.90 Å². The zero-order chi connectivity index (χ0) is 14.2. The van der Waals surface area contributed by atoms with E-state index in [2.05, 4.69) is 39.8 Å². The van der Waals surface area contributed by atoms with E-state index in [9.17, 15) is 0 Å². The van der Waals surface area contributed by atoms with Crippen molar-refractivity contribution in [3.8, 4) is 0 Å². The van der Waals surface area contributed by atoms with Gasteiger partial charge in [-0.1, -0.05) is 62.9 Å². The van der Waals surface area contributed by atoms with Crippen molar-refractivity contribution < 1.29 is 0 Å². The molecule has 102 valence electrons. The summed E-state index contributed by atoms with van der Waals surface area (Å²) >= 11 is 6.67. The lowest BCUT2D eigenvalue weighted by atomic mass is 9.66. The highest BCUT2D eigenvalue weighted by Crippen LogP contribution is 2.39. The molecule has 0 aromatic rings. The van der Waals surface area contributed by atoms with Gasteiger partial charge in [0.15, 0.2) is 0 Å². The van der Waals surface area contributed by atoms with Crippen molar-refractivity contribution in [2.75, 3.05) is 14.1 Å². The van der Waals surface area contributed by atoms with Crippen LogP contribution in [0.1, 0.15) is 52.9 Å². The van der Waals surface area contributed by atoms with Crippen LogP contribution in [-0.4, -0.2) is 31.5 Å². The molecule has 2 radical (unpaired) electrons. The standard InChI is InChI=1S/C14H26BNS2/c1-6-8-9-12(16(4)5)13(18-11-17)10-14(3,15)7-2/h11H,6-10H2,1-5H3/b13-12-. The number of thiocarbonyl (C=S) groups is 1. The van der Waals surface area contributed by atoms with Crippen LogP contribution in [0.4, 0.5) is 0 Å². The second kappa shape index (κ2) is 9.03. The minimum Gasteiger partial charge on any atom is -0.380 e. The van der Waals surface area contributed by atoms with E-state index in [1.165, 1.54) is 23.4 Å². The number of thioether (sulfide) groups is 1.